The van der Waals surface area contributed by atoms with Crippen molar-refractivity contribution in [1.82, 2.24) is 4.98 Å². The van der Waals surface area contributed by atoms with Crippen LogP contribution < -0.4 is 4.74 Å². The number of esters is 1. The van der Waals surface area contributed by atoms with E-state index in [2.05, 4.69) is 4.98 Å². The van der Waals surface area contributed by atoms with Gasteiger partial charge in [-0.15, -0.1) is 11.8 Å². The van der Waals surface area contributed by atoms with Crippen molar-refractivity contribution in [3.05, 3.63) is 57.3 Å². The first-order chi connectivity index (χ1) is 12.1. The second kappa shape index (κ2) is 7.49. The van der Waals surface area contributed by atoms with Gasteiger partial charge in [-0.05, 0) is 18.4 Å². The van der Waals surface area contributed by atoms with Crippen LogP contribution in [-0.4, -0.2) is 28.9 Å². The Morgan fingerprint density at radius 3 is 3.08 bits per heavy atom. The molecule has 0 unspecified atom stereocenters. The Morgan fingerprint density at radius 2 is 2.32 bits per heavy atom. The smallest absolute Gasteiger partial charge is 0.341 e. The van der Waals surface area contributed by atoms with E-state index in [1.807, 2.05) is 6.26 Å². The van der Waals surface area contributed by atoms with Gasteiger partial charge in [-0.25, -0.2) is 9.78 Å². The summed E-state index contributed by atoms with van der Waals surface area (Å²) in [5.41, 5.74) is 1.22. The number of carbonyl (C=O) groups excluding carboxylic acids is 1. The SMILES string of the molecule is CSc1ncccc1C(=O)OCc1cc([N+](=O)[O-])cc2c1OCOC2. The molecule has 9 heteroatoms. The molecule has 0 saturated carbocycles. The van der Waals surface area contributed by atoms with Crippen LogP contribution in [0.25, 0.3) is 0 Å². The summed E-state index contributed by atoms with van der Waals surface area (Å²) in [5, 5.41) is 11.6. The molecule has 0 N–H and O–H groups in total. The molecule has 1 aliphatic rings. The zero-order valence-electron chi connectivity index (χ0n) is 13.3. The molecule has 8 nitrogen and oxygen atoms in total. The lowest BCUT2D eigenvalue weighted by Crippen LogP contribution is -2.15. The first kappa shape index (κ1) is 17.2. The number of benzene rings is 1. The Balaban J connectivity index is 1.84. The summed E-state index contributed by atoms with van der Waals surface area (Å²) < 4.78 is 15.9. The van der Waals surface area contributed by atoms with Crippen molar-refractivity contribution in [2.24, 2.45) is 0 Å². The van der Waals surface area contributed by atoms with E-state index < -0.39 is 10.9 Å². The molecule has 0 fully saturated rings. The summed E-state index contributed by atoms with van der Waals surface area (Å²) in [5.74, 6) is -0.0920. The highest BCUT2D eigenvalue weighted by molar-refractivity contribution is 7.98. The summed E-state index contributed by atoms with van der Waals surface area (Å²) >= 11 is 1.33. The number of pyridine rings is 1. The fourth-order valence-electron chi connectivity index (χ4n) is 2.42. The van der Waals surface area contributed by atoms with Crippen molar-refractivity contribution in [2.45, 2.75) is 18.2 Å². The Kier molecular flexibility index (Phi) is 5.15. The highest BCUT2D eigenvalue weighted by atomic mass is 32.2. The quantitative estimate of drug-likeness (QED) is 0.346. The third kappa shape index (κ3) is 3.72. The largest absolute Gasteiger partial charge is 0.467 e. The number of hydrogen-bond acceptors (Lipinski definition) is 8. The second-order valence-electron chi connectivity index (χ2n) is 5.10. The number of aromatic nitrogens is 1. The van der Waals surface area contributed by atoms with Gasteiger partial charge in [0.15, 0.2) is 6.79 Å². The van der Waals surface area contributed by atoms with Gasteiger partial charge in [0, 0.05) is 29.5 Å². The average molecular weight is 362 g/mol. The predicted octanol–water partition coefficient (Wildman–Crippen LogP) is 2.94. The van der Waals surface area contributed by atoms with Gasteiger partial charge >= 0.3 is 5.97 Å². The monoisotopic (exact) mass is 362 g/mol. The van der Waals surface area contributed by atoms with Crippen LogP contribution in [0.5, 0.6) is 5.75 Å². The van der Waals surface area contributed by atoms with Crippen molar-refractivity contribution in [2.75, 3.05) is 13.0 Å². The van der Waals surface area contributed by atoms with Crippen molar-refractivity contribution in [3.8, 4) is 5.75 Å². The number of thioether (sulfide) groups is 1. The molecule has 1 aromatic carbocycles. The third-order valence-corrected chi connectivity index (χ3v) is 4.24. The maximum absolute atomic E-state index is 12.3. The number of ether oxygens (including phenoxy) is 3. The van der Waals surface area contributed by atoms with Crippen molar-refractivity contribution >= 4 is 23.4 Å². The Hall–Kier alpha value is -2.65. The van der Waals surface area contributed by atoms with Crippen molar-refractivity contribution in [1.29, 1.82) is 0 Å². The molecule has 1 aliphatic heterocycles. The Morgan fingerprint density at radius 1 is 1.48 bits per heavy atom. The highest BCUT2D eigenvalue weighted by Gasteiger charge is 2.22. The van der Waals surface area contributed by atoms with E-state index in [1.165, 1.54) is 23.9 Å². The number of nitro groups is 1. The lowest BCUT2D eigenvalue weighted by molar-refractivity contribution is -0.385. The molecular weight excluding hydrogens is 348 g/mol. The van der Waals surface area contributed by atoms with E-state index in [0.717, 1.165) is 0 Å². The fraction of sp³-hybridized carbons (Fsp3) is 0.250. The van der Waals surface area contributed by atoms with E-state index in [1.54, 1.807) is 18.3 Å². The van der Waals surface area contributed by atoms with E-state index in [4.69, 9.17) is 14.2 Å². The van der Waals surface area contributed by atoms with Gasteiger partial charge in [0.05, 0.1) is 17.1 Å². The number of nitro benzene ring substituents is 1. The van der Waals surface area contributed by atoms with Crippen LogP contribution in [0.3, 0.4) is 0 Å². The number of non-ortho nitro benzene ring substituents is 1. The van der Waals surface area contributed by atoms with Crippen LogP contribution in [0, 0.1) is 10.1 Å². The molecule has 130 valence electrons. The second-order valence-corrected chi connectivity index (χ2v) is 5.89. The van der Waals surface area contributed by atoms with Gasteiger partial charge in [-0.1, -0.05) is 0 Å². The van der Waals surface area contributed by atoms with Gasteiger partial charge in [0.1, 0.15) is 17.4 Å². The van der Waals surface area contributed by atoms with E-state index >= 15 is 0 Å². The van der Waals surface area contributed by atoms with Crippen molar-refractivity contribution in [3.63, 3.8) is 0 Å². The standard InChI is InChI=1S/C16H14N2O6S/c1-25-15-13(3-2-4-17-15)16(19)23-8-11-6-12(18(20)21)5-10-7-22-9-24-14(10)11/h2-6H,7-9H2,1H3. The van der Waals surface area contributed by atoms with Crippen LogP contribution >= 0.6 is 11.8 Å². The summed E-state index contributed by atoms with van der Waals surface area (Å²) in [6.45, 7) is 0.105. The summed E-state index contributed by atoms with van der Waals surface area (Å²) in [4.78, 5) is 27.0. The predicted molar refractivity (Wildman–Crippen MR) is 88.5 cm³/mol. The Labute approximate surface area is 147 Å². The molecule has 2 heterocycles. The summed E-state index contributed by atoms with van der Waals surface area (Å²) in [7, 11) is 0. The molecule has 2 aromatic rings. The molecule has 0 spiro atoms. The van der Waals surface area contributed by atoms with Gasteiger partial charge in [0.2, 0.25) is 0 Å². The highest BCUT2D eigenvalue weighted by Crippen LogP contribution is 2.33. The molecule has 0 bridgehead atoms. The normalized spacial score (nSPS) is 12.8. The van der Waals surface area contributed by atoms with E-state index in [0.29, 0.717) is 27.5 Å². The number of nitrogens with zero attached hydrogens (tertiary/aromatic N) is 2. The summed E-state index contributed by atoms with van der Waals surface area (Å²) in [6.07, 6.45) is 3.40. The number of hydrogen-bond donors (Lipinski definition) is 0. The van der Waals surface area contributed by atoms with Crippen LogP contribution in [-0.2, 0) is 22.7 Å². The minimum absolute atomic E-state index is 0.0466. The van der Waals surface area contributed by atoms with Crippen LogP contribution in [0.2, 0.25) is 0 Å². The Bertz CT molecular complexity index is 826. The molecule has 0 aliphatic carbocycles. The topological polar surface area (TPSA) is 101 Å². The van der Waals surface area contributed by atoms with E-state index in [9.17, 15) is 14.9 Å². The third-order valence-electron chi connectivity index (χ3n) is 3.53. The zero-order valence-corrected chi connectivity index (χ0v) is 14.1. The molecule has 25 heavy (non-hydrogen) atoms. The first-order valence-electron chi connectivity index (χ1n) is 7.27. The number of fused-ring (bicyclic) bond motifs is 1. The number of carbonyl (C=O) groups is 1. The molecule has 0 radical (unpaired) electrons. The van der Waals surface area contributed by atoms with E-state index in [-0.39, 0.29) is 25.7 Å². The van der Waals surface area contributed by atoms with Gasteiger partial charge < -0.3 is 14.2 Å². The molecule has 0 atom stereocenters. The first-order valence-corrected chi connectivity index (χ1v) is 8.49. The zero-order chi connectivity index (χ0) is 17.8. The molecular formula is C16H14N2O6S. The van der Waals surface area contributed by atoms with Gasteiger partial charge in [0.25, 0.3) is 5.69 Å². The summed E-state index contributed by atoms with van der Waals surface area (Å²) in [6, 6.07) is 6.00. The molecule has 0 amide bonds. The number of rotatable bonds is 5. The van der Waals surface area contributed by atoms with Crippen LogP contribution in [0.4, 0.5) is 5.69 Å². The fourth-order valence-corrected chi connectivity index (χ4v) is 2.96. The maximum Gasteiger partial charge on any atom is 0.341 e. The van der Waals surface area contributed by atoms with Gasteiger partial charge in [-0.2, -0.15) is 0 Å². The molecule has 3 rings (SSSR count). The van der Waals surface area contributed by atoms with Crippen molar-refractivity contribution < 1.29 is 23.9 Å². The van der Waals surface area contributed by atoms with Gasteiger partial charge in [-0.3, -0.25) is 10.1 Å². The molecule has 1 aromatic heterocycles. The van der Waals surface area contributed by atoms with Crippen LogP contribution in [0.15, 0.2) is 35.5 Å². The minimum atomic E-state index is -0.551. The lowest BCUT2D eigenvalue weighted by Gasteiger charge is -2.20. The minimum Gasteiger partial charge on any atom is -0.467 e. The van der Waals surface area contributed by atoms with Crippen LogP contribution in [0.1, 0.15) is 21.5 Å². The molecule has 0 saturated heterocycles. The maximum atomic E-state index is 12.3. The lowest BCUT2D eigenvalue weighted by atomic mass is 10.1. The average Bonchev–Trinajstić information content (AvgIpc) is 2.65.